The van der Waals surface area contributed by atoms with Crippen LogP contribution in [0.1, 0.15) is 10.3 Å². The number of thiophene rings is 1. The van der Waals surface area contributed by atoms with Crippen molar-refractivity contribution in [1.29, 1.82) is 0 Å². The van der Waals surface area contributed by atoms with Crippen LogP contribution in [-0.4, -0.2) is 25.9 Å². The molecule has 0 saturated carbocycles. The van der Waals surface area contributed by atoms with Crippen molar-refractivity contribution in [3.8, 4) is 0 Å². The van der Waals surface area contributed by atoms with Crippen LogP contribution in [0, 0.1) is 0 Å². The summed E-state index contributed by atoms with van der Waals surface area (Å²) in [6.45, 7) is 1.89. The number of rotatable bonds is 2. The van der Waals surface area contributed by atoms with E-state index in [0.717, 1.165) is 9.35 Å². The molecular weight excluding hydrogens is 288 g/mol. The topological polar surface area (TPSA) is 18.5 Å². The third-order valence-corrected chi connectivity index (χ3v) is 4.65. The van der Waals surface area contributed by atoms with Crippen molar-refractivity contribution in [2.24, 2.45) is 0 Å². The molecule has 2 atom stereocenters. The summed E-state index contributed by atoms with van der Waals surface area (Å²) in [7, 11) is 0. The molecule has 78 valence electrons. The Hall–Kier alpha value is 0.390. The molecule has 2 heterocycles. The van der Waals surface area contributed by atoms with Crippen LogP contribution in [-0.2, 0) is 9.47 Å². The minimum Gasteiger partial charge on any atom is -0.376 e. The Morgan fingerprint density at radius 3 is 3.00 bits per heavy atom. The zero-order valence-corrected chi connectivity index (χ0v) is 10.6. The molecule has 0 spiro atoms. The standard InChI is InChI=1S/C9H10BrClO2S/c10-6-1-4-14-9(6)8(11)7-5-12-2-3-13-7/h1,4,7-8H,2-3,5H2. The Kier molecular flexibility index (Phi) is 3.85. The molecule has 1 aliphatic rings. The normalized spacial score (nSPS) is 24.9. The molecule has 14 heavy (non-hydrogen) atoms. The van der Waals surface area contributed by atoms with Gasteiger partial charge in [-0.1, -0.05) is 0 Å². The lowest BCUT2D eigenvalue weighted by Crippen LogP contribution is -2.31. The molecule has 2 rings (SSSR count). The van der Waals surface area contributed by atoms with E-state index in [0.29, 0.717) is 19.8 Å². The van der Waals surface area contributed by atoms with Crippen LogP contribution < -0.4 is 0 Å². The lowest BCUT2D eigenvalue weighted by Gasteiger charge is -2.26. The highest BCUT2D eigenvalue weighted by molar-refractivity contribution is 9.10. The fourth-order valence-corrected chi connectivity index (χ4v) is 3.54. The summed E-state index contributed by atoms with van der Waals surface area (Å²) in [5, 5.41) is 1.89. The molecule has 1 aromatic rings. The number of alkyl halides is 1. The van der Waals surface area contributed by atoms with Gasteiger partial charge in [-0.15, -0.1) is 22.9 Å². The summed E-state index contributed by atoms with van der Waals surface area (Å²) >= 11 is 11.4. The zero-order chi connectivity index (χ0) is 9.97. The van der Waals surface area contributed by atoms with E-state index in [1.807, 2.05) is 11.4 Å². The average Bonchev–Trinajstić information content (AvgIpc) is 2.65. The maximum absolute atomic E-state index is 6.31. The summed E-state index contributed by atoms with van der Waals surface area (Å²) in [5.41, 5.74) is 0. The van der Waals surface area contributed by atoms with Gasteiger partial charge in [-0.3, -0.25) is 0 Å². The minimum atomic E-state index is -0.121. The van der Waals surface area contributed by atoms with Gasteiger partial charge in [-0.05, 0) is 27.4 Å². The predicted molar refractivity (Wildman–Crippen MR) is 61.2 cm³/mol. The Morgan fingerprint density at radius 1 is 1.57 bits per heavy atom. The van der Waals surface area contributed by atoms with E-state index in [1.165, 1.54) is 0 Å². The fraction of sp³-hybridized carbons (Fsp3) is 0.556. The quantitative estimate of drug-likeness (QED) is 0.781. The third-order valence-electron chi connectivity index (χ3n) is 2.06. The molecule has 2 unspecified atom stereocenters. The molecule has 0 amide bonds. The maximum atomic E-state index is 6.31. The van der Waals surface area contributed by atoms with Gasteiger partial charge in [0.25, 0.3) is 0 Å². The van der Waals surface area contributed by atoms with Crippen molar-refractivity contribution >= 4 is 38.9 Å². The minimum absolute atomic E-state index is 0.0274. The second kappa shape index (κ2) is 4.94. The summed E-state index contributed by atoms with van der Waals surface area (Å²) in [6, 6.07) is 2.00. The highest BCUT2D eigenvalue weighted by Gasteiger charge is 2.26. The Bertz CT molecular complexity index is 299. The molecule has 0 bridgehead atoms. The van der Waals surface area contributed by atoms with Crippen LogP contribution in [0.25, 0.3) is 0 Å². The largest absolute Gasteiger partial charge is 0.376 e. The Morgan fingerprint density at radius 2 is 2.43 bits per heavy atom. The van der Waals surface area contributed by atoms with Crippen molar-refractivity contribution in [3.63, 3.8) is 0 Å². The first-order chi connectivity index (χ1) is 6.79. The van der Waals surface area contributed by atoms with Gasteiger partial charge in [0.1, 0.15) is 6.10 Å². The lowest BCUT2D eigenvalue weighted by atomic mass is 10.2. The third kappa shape index (κ3) is 2.31. The van der Waals surface area contributed by atoms with Gasteiger partial charge < -0.3 is 9.47 Å². The summed E-state index contributed by atoms with van der Waals surface area (Å²) in [6.07, 6.45) is -0.0274. The van der Waals surface area contributed by atoms with E-state index < -0.39 is 0 Å². The first-order valence-corrected chi connectivity index (χ1v) is 6.46. The van der Waals surface area contributed by atoms with Gasteiger partial charge in [0.05, 0.1) is 25.2 Å². The molecule has 0 aromatic carbocycles. The average molecular weight is 298 g/mol. The van der Waals surface area contributed by atoms with Crippen LogP contribution in [0.15, 0.2) is 15.9 Å². The molecule has 1 fully saturated rings. The van der Waals surface area contributed by atoms with E-state index in [2.05, 4.69) is 15.9 Å². The molecule has 0 radical (unpaired) electrons. The van der Waals surface area contributed by atoms with E-state index in [9.17, 15) is 0 Å². The molecule has 1 aliphatic heterocycles. The Balaban J connectivity index is 2.07. The second-order valence-corrected chi connectivity index (χ2v) is 5.29. The van der Waals surface area contributed by atoms with Gasteiger partial charge in [0.2, 0.25) is 0 Å². The fourth-order valence-electron chi connectivity index (χ4n) is 1.35. The van der Waals surface area contributed by atoms with E-state index in [-0.39, 0.29) is 11.5 Å². The predicted octanol–water partition coefficient (Wildman–Crippen LogP) is 3.21. The van der Waals surface area contributed by atoms with Crippen LogP contribution in [0.3, 0.4) is 0 Å². The number of halogens is 2. The summed E-state index contributed by atoms with van der Waals surface area (Å²) in [5.74, 6) is 0. The van der Waals surface area contributed by atoms with Gasteiger partial charge >= 0.3 is 0 Å². The highest BCUT2D eigenvalue weighted by atomic mass is 79.9. The monoisotopic (exact) mass is 296 g/mol. The van der Waals surface area contributed by atoms with Gasteiger partial charge in [-0.25, -0.2) is 0 Å². The maximum Gasteiger partial charge on any atom is 0.102 e. The van der Waals surface area contributed by atoms with Gasteiger partial charge in [0, 0.05) is 9.35 Å². The molecule has 1 aromatic heterocycles. The summed E-state index contributed by atoms with van der Waals surface area (Å²) in [4.78, 5) is 1.11. The Labute approximate surface area is 100 Å². The van der Waals surface area contributed by atoms with Crippen molar-refractivity contribution in [3.05, 3.63) is 20.8 Å². The number of ether oxygens (including phenoxy) is 2. The van der Waals surface area contributed by atoms with Crippen LogP contribution in [0.5, 0.6) is 0 Å². The first kappa shape index (κ1) is 10.9. The molecule has 5 heteroatoms. The molecule has 2 nitrogen and oxygen atoms in total. The number of hydrogen-bond donors (Lipinski definition) is 0. The van der Waals surface area contributed by atoms with Crippen LogP contribution in [0.4, 0.5) is 0 Å². The lowest BCUT2D eigenvalue weighted by molar-refractivity contribution is -0.0890. The van der Waals surface area contributed by atoms with E-state index >= 15 is 0 Å². The van der Waals surface area contributed by atoms with Crippen LogP contribution in [0.2, 0.25) is 0 Å². The van der Waals surface area contributed by atoms with E-state index in [4.69, 9.17) is 21.1 Å². The number of hydrogen-bond acceptors (Lipinski definition) is 3. The second-order valence-electron chi connectivity index (χ2n) is 3.02. The smallest absolute Gasteiger partial charge is 0.102 e. The highest BCUT2D eigenvalue weighted by Crippen LogP contribution is 2.36. The molecule has 0 N–H and O–H groups in total. The first-order valence-electron chi connectivity index (χ1n) is 4.35. The van der Waals surface area contributed by atoms with Gasteiger partial charge in [0.15, 0.2) is 0 Å². The van der Waals surface area contributed by atoms with Crippen molar-refractivity contribution in [2.75, 3.05) is 19.8 Å². The molecular formula is C9H10BrClO2S. The van der Waals surface area contributed by atoms with Crippen molar-refractivity contribution in [1.82, 2.24) is 0 Å². The summed E-state index contributed by atoms with van der Waals surface area (Å²) < 4.78 is 11.9. The van der Waals surface area contributed by atoms with Crippen LogP contribution >= 0.6 is 38.9 Å². The zero-order valence-electron chi connectivity index (χ0n) is 7.41. The molecule has 0 aliphatic carbocycles. The SMILES string of the molecule is ClC(c1sccc1Br)C1COCCO1. The molecule has 1 saturated heterocycles. The van der Waals surface area contributed by atoms with E-state index in [1.54, 1.807) is 11.3 Å². The van der Waals surface area contributed by atoms with Crippen molar-refractivity contribution < 1.29 is 9.47 Å². The van der Waals surface area contributed by atoms with Crippen molar-refractivity contribution in [2.45, 2.75) is 11.5 Å². The van der Waals surface area contributed by atoms with Gasteiger partial charge in [-0.2, -0.15) is 0 Å².